The van der Waals surface area contributed by atoms with Gasteiger partial charge >= 0.3 is 0 Å². The van der Waals surface area contributed by atoms with Crippen LogP contribution in [-0.2, 0) is 25.7 Å². The third kappa shape index (κ3) is 7.67. The molecule has 0 radical (unpaired) electrons. The Balaban J connectivity index is 1.56. The minimum atomic E-state index is -0.850. The summed E-state index contributed by atoms with van der Waals surface area (Å²) < 4.78 is 17.6. The Kier molecular flexibility index (Phi) is 11.5. The van der Waals surface area contributed by atoms with Gasteiger partial charge < -0.3 is 25.0 Å². The number of carbonyl (C=O) groups is 4. The quantitative estimate of drug-likeness (QED) is 0.354. The first kappa shape index (κ1) is 33.2. The van der Waals surface area contributed by atoms with Crippen LogP contribution in [0.1, 0.15) is 70.8 Å². The zero-order chi connectivity index (χ0) is 31.8. The van der Waals surface area contributed by atoms with Gasteiger partial charge in [-0.15, -0.1) is 0 Å². The standard InChI is InChI=1S/C33H47FN6O4/c1-5-28(42)36-30(33(44)39-19-17-37(4)18-20-39)23(3)25-14-15-27(26(34)21-25)35-32(43)31(24-11-8-7-9-12-24)40(22-41)29-13-10-16-38(29)6-2/h10,13-16,21-24,30-31H,5-9,11-12,17-20H2,1-4H3,(H,35,43)(H,36,42)/t23-,30+,31-/m0/s1. The normalized spacial score (nSPS) is 18.2. The van der Waals surface area contributed by atoms with E-state index in [0.717, 1.165) is 45.2 Å². The molecule has 1 aromatic carbocycles. The Bertz CT molecular complexity index is 1300. The summed E-state index contributed by atoms with van der Waals surface area (Å²) in [5.41, 5.74) is 0.534. The molecule has 4 amide bonds. The van der Waals surface area contributed by atoms with Gasteiger partial charge in [-0.2, -0.15) is 0 Å². The molecule has 3 atom stereocenters. The maximum Gasteiger partial charge on any atom is 0.247 e. The average molecular weight is 611 g/mol. The summed E-state index contributed by atoms with van der Waals surface area (Å²) in [7, 11) is 2.00. The van der Waals surface area contributed by atoms with Gasteiger partial charge in [-0.05, 0) is 62.6 Å². The van der Waals surface area contributed by atoms with Crippen LogP contribution in [0.25, 0.3) is 0 Å². The SMILES string of the molecule is CCC(=O)N[C@@H](C(=O)N1CCN(C)CC1)[C@@H](C)c1ccc(NC(=O)[C@H](C2CCCCC2)N(C=O)c2cccn2CC)c(F)c1. The van der Waals surface area contributed by atoms with Crippen molar-refractivity contribution < 1.29 is 23.6 Å². The number of rotatable bonds is 12. The van der Waals surface area contributed by atoms with Gasteiger partial charge in [0.25, 0.3) is 0 Å². The Labute approximate surface area is 259 Å². The lowest BCUT2D eigenvalue weighted by atomic mass is 9.82. The molecule has 1 aromatic heterocycles. The number of nitrogens with zero attached hydrogens (tertiary/aromatic N) is 4. The van der Waals surface area contributed by atoms with E-state index in [1.54, 1.807) is 24.8 Å². The second-order valence-electron chi connectivity index (χ2n) is 12.1. The highest BCUT2D eigenvalue weighted by Gasteiger charge is 2.37. The summed E-state index contributed by atoms with van der Waals surface area (Å²) in [5.74, 6) is -1.47. The van der Waals surface area contributed by atoms with E-state index < -0.39 is 29.7 Å². The molecule has 0 unspecified atom stereocenters. The lowest BCUT2D eigenvalue weighted by molar-refractivity contribution is -0.138. The second-order valence-corrected chi connectivity index (χ2v) is 12.1. The van der Waals surface area contributed by atoms with E-state index in [1.807, 2.05) is 36.9 Å². The van der Waals surface area contributed by atoms with Crippen LogP contribution in [0, 0.1) is 11.7 Å². The Hall–Kier alpha value is -3.73. The van der Waals surface area contributed by atoms with Crippen LogP contribution in [0.5, 0.6) is 0 Å². The van der Waals surface area contributed by atoms with E-state index in [2.05, 4.69) is 15.5 Å². The van der Waals surface area contributed by atoms with E-state index >= 15 is 4.39 Å². The van der Waals surface area contributed by atoms with E-state index in [4.69, 9.17) is 0 Å². The van der Waals surface area contributed by atoms with Gasteiger partial charge in [0.2, 0.25) is 24.1 Å². The molecule has 0 spiro atoms. The summed E-state index contributed by atoms with van der Waals surface area (Å²) in [5, 5.41) is 5.62. The predicted octanol–water partition coefficient (Wildman–Crippen LogP) is 3.97. The molecule has 1 aliphatic carbocycles. The highest BCUT2D eigenvalue weighted by Crippen LogP contribution is 2.33. The highest BCUT2D eigenvalue weighted by molar-refractivity contribution is 6.00. The lowest BCUT2D eigenvalue weighted by Crippen LogP contribution is -2.55. The number of aromatic nitrogens is 1. The highest BCUT2D eigenvalue weighted by atomic mass is 19.1. The molecule has 2 heterocycles. The third-order valence-electron chi connectivity index (χ3n) is 9.18. The molecular formula is C33H47FN6O4. The molecule has 44 heavy (non-hydrogen) atoms. The number of aryl methyl sites for hydroxylation is 1. The summed E-state index contributed by atoms with van der Waals surface area (Å²) in [6.45, 7) is 8.72. The first-order chi connectivity index (χ1) is 21.2. The number of benzene rings is 1. The van der Waals surface area contributed by atoms with Crippen molar-refractivity contribution in [1.82, 2.24) is 19.7 Å². The zero-order valence-electron chi connectivity index (χ0n) is 26.4. The molecular weight excluding hydrogens is 563 g/mol. The Morgan fingerprint density at radius 3 is 2.39 bits per heavy atom. The van der Waals surface area contributed by atoms with Crippen molar-refractivity contribution in [1.29, 1.82) is 0 Å². The van der Waals surface area contributed by atoms with E-state index in [9.17, 15) is 19.2 Å². The molecule has 2 aromatic rings. The van der Waals surface area contributed by atoms with E-state index in [0.29, 0.717) is 37.4 Å². The topological polar surface area (TPSA) is 107 Å². The number of piperazine rings is 1. The fraction of sp³-hybridized carbons (Fsp3) is 0.576. The maximum absolute atomic E-state index is 15.7. The summed E-state index contributed by atoms with van der Waals surface area (Å²) in [6, 6.07) is 6.51. The molecule has 240 valence electrons. The molecule has 10 nitrogen and oxygen atoms in total. The minimum Gasteiger partial charge on any atom is -0.344 e. The van der Waals surface area contributed by atoms with Crippen molar-refractivity contribution in [2.75, 3.05) is 43.4 Å². The van der Waals surface area contributed by atoms with Crippen LogP contribution in [0.3, 0.4) is 0 Å². The summed E-state index contributed by atoms with van der Waals surface area (Å²) in [4.78, 5) is 57.6. The van der Waals surface area contributed by atoms with E-state index in [1.165, 1.54) is 17.0 Å². The first-order valence-corrected chi connectivity index (χ1v) is 15.9. The van der Waals surface area contributed by atoms with Gasteiger partial charge in [-0.25, -0.2) is 4.39 Å². The van der Waals surface area contributed by atoms with Crippen molar-refractivity contribution in [3.8, 4) is 0 Å². The van der Waals surface area contributed by atoms with Gasteiger partial charge in [0, 0.05) is 51.3 Å². The number of hydrogen-bond donors (Lipinski definition) is 2. The van der Waals surface area contributed by atoms with Gasteiger partial charge in [0.05, 0.1) is 5.69 Å². The largest absolute Gasteiger partial charge is 0.344 e. The van der Waals surface area contributed by atoms with Gasteiger partial charge in [-0.3, -0.25) is 24.1 Å². The molecule has 2 fully saturated rings. The Morgan fingerprint density at radius 1 is 1.07 bits per heavy atom. The average Bonchev–Trinajstić information content (AvgIpc) is 3.52. The summed E-state index contributed by atoms with van der Waals surface area (Å²) in [6.07, 6.45) is 7.43. The predicted molar refractivity (Wildman–Crippen MR) is 169 cm³/mol. The van der Waals surface area contributed by atoms with Crippen LogP contribution >= 0.6 is 0 Å². The zero-order valence-corrected chi connectivity index (χ0v) is 26.4. The number of anilines is 2. The van der Waals surface area contributed by atoms with Crippen LogP contribution in [0.15, 0.2) is 36.5 Å². The second kappa shape index (κ2) is 15.3. The number of amides is 4. The first-order valence-electron chi connectivity index (χ1n) is 15.9. The van der Waals surface area contributed by atoms with Crippen molar-refractivity contribution in [2.24, 2.45) is 5.92 Å². The smallest absolute Gasteiger partial charge is 0.247 e. The molecule has 0 bridgehead atoms. The van der Waals surface area contributed by atoms with Gasteiger partial charge in [-0.1, -0.05) is 39.2 Å². The van der Waals surface area contributed by atoms with Crippen LogP contribution in [-0.4, -0.2) is 83.8 Å². The van der Waals surface area contributed by atoms with E-state index in [-0.39, 0.29) is 29.8 Å². The lowest BCUT2D eigenvalue weighted by Gasteiger charge is -2.36. The third-order valence-corrected chi connectivity index (χ3v) is 9.18. The van der Waals surface area contributed by atoms with Crippen molar-refractivity contribution >= 4 is 35.6 Å². The van der Waals surface area contributed by atoms with Gasteiger partial charge in [0.1, 0.15) is 23.7 Å². The fourth-order valence-electron chi connectivity index (χ4n) is 6.40. The number of nitrogens with one attached hydrogen (secondary N) is 2. The minimum absolute atomic E-state index is 0.00280. The molecule has 1 saturated heterocycles. The van der Waals surface area contributed by atoms with Crippen LogP contribution in [0.4, 0.5) is 15.9 Å². The fourth-order valence-corrected chi connectivity index (χ4v) is 6.40. The molecule has 2 aliphatic rings. The molecule has 1 saturated carbocycles. The number of carbonyl (C=O) groups excluding carboxylic acids is 4. The van der Waals surface area contributed by atoms with Crippen LogP contribution < -0.4 is 15.5 Å². The number of halogens is 1. The summed E-state index contributed by atoms with van der Waals surface area (Å²) >= 11 is 0. The molecule has 1 aliphatic heterocycles. The van der Waals surface area contributed by atoms with Crippen molar-refractivity contribution in [2.45, 2.75) is 83.8 Å². The van der Waals surface area contributed by atoms with Crippen LogP contribution in [0.2, 0.25) is 0 Å². The number of likely N-dealkylation sites (N-methyl/N-ethyl adjacent to an activating group) is 1. The van der Waals surface area contributed by atoms with Crippen molar-refractivity contribution in [3.05, 3.63) is 47.9 Å². The van der Waals surface area contributed by atoms with Gasteiger partial charge in [0.15, 0.2) is 0 Å². The molecule has 4 rings (SSSR count). The van der Waals surface area contributed by atoms with Crippen molar-refractivity contribution in [3.63, 3.8) is 0 Å². The maximum atomic E-state index is 15.7. The Morgan fingerprint density at radius 2 is 1.77 bits per heavy atom. The molecule has 2 N–H and O–H groups in total. The molecule has 11 heteroatoms. The number of hydrogen-bond acceptors (Lipinski definition) is 5. The monoisotopic (exact) mass is 610 g/mol.